The number of carbonyl (C=O) groups is 1. The standard InChI is InChI=1S/C25H24ClN3O6S2/c26-20-6-11-24(28-36(31,32)17-12-19-4-2-1-3-5-19)23(18-20)25(30)27-21-7-9-22(10-8-21)37(33,34)29-13-15-35-16-14-29/h1-12,17-18,28H,13-16H2,(H,27,30)/b17-12+. The maximum absolute atomic E-state index is 13.0. The first kappa shape index (κ1) is 26.8. The molecule has 1 aliphatic rings. The van der Waals surface area contributed by atoms with Gasteiger partial charge in [0.1, 0.15) is 0 Å². The van der Waals surface area contributed by atoms with Crippen molar-refractivity contribution in [2.75, 3.05) is 36.3 Å². The van der Waals surface area contributed by atoms with Gasteiger partial charge in [0, 0.05) is 23.8 Å². The number of hydrogen-bond acceptors (Lipinski definition) is 6. The van der Waals surface area contributed by atoms with Crippen molar-refractivity contribution < 1.29 is 26.4 Å². The average Bonchev–Trinajstić information content (AvgIpc) is 2.90. The number of sulfonamides is 2. The van der Waals surface area contributed by atoms with E-state index >= 15 is 0 Å². The lowest BCUT2D eigenvalue weighted by Crippen LogP contribution is -2.40. The number of anilines is 2. The molecule has 2 N–H and O–H groups in total. The van der Waals surface area contributed by atoms with E-state index in [1.54, 1.807) is 24.3 Å². The van der Waals surface area contributed by atoms with Gasteiger partial charge in [0.15, 0.2) is 0 Å². The normalized spacial score (nSPS) is 14.9. The number of rotatable bonds is 8. The monoisotopic (exact) mass is 561 g/mol. The molecule has 0 saturated carbocycles. The van der Waals surface area contributed by atoms with Gasteiger partial charge >= 0.3 is 0 Å². The molecule has 0 radical (unpaired) electrons. The van der Waals surface area contributed by atoms with Crippen LogP contribution in [-0.2, 0) is 24.8 Å². The van der Waals surface area contributed by atoms with Crippen molar-refractivity contribution in [3.63, 3.8) is 0 Å². The Morgan fingerprint density at radius 3 is 2.27 bits per heavy atom. The number of benzene rings is 3. The second-order valence-electron chi connectivity index (χ2n) is 8.05. The Morgan fingerprint density at radius 2 is 1.59 bits per heavy atom. The summed E-state index contributed by atoms with van der Waals surface area (Å²) in [7, 11) is -7.62. The lowest BCUT2D eigenvalue weighted by Gasteiger charge is -2.26. The quantitative estimate of drug-likeness (QED) is 0.428. The molecule has 1 heterocycles. The van der Waals surface area contributed by atoms with Crippen molar-refractivity contribution in [3.05, 3.63) is 94.4 Å². The number of halogens is 1. The number of morpholine rings is 1. The molecule has 0 spiro atoms. The zero-order chi connectivity index (χ0) is 26.5. The van der Waals surface area contributed by atoms with Crippen molar-refractivity contribution >= 4 is 55.0 Å². The predicted molar refractivity (Wildman–Crippen MR) is 143 cm³/mol. The molecule has 194 valence electrons. The van der Waals surface area contributed by atoms with Gasteiger partial charge in [-0.1, -0.05) is 41.9 Å². The second-order valence-corrected chi connectivity index (χ2v) is 12.0. The Morgan fingerprint density at radius 1 is 0.919 bits per heavy atom. The van der Waals surface area contributed by atoms with Gasteiger partial charge in [-0.25, -0.2) is 16.8 Å². The van der Waals surface area contributed by atoms with Gasteiger partial charge in [-0.15, -0.1) is 0 Å². The van der Waals surface area contributed by atoms with E-state index in [0.29, 0.717) is 24.5 Å². The first-order valence-corrected chi connectivity index (χ1v) is 14.6. The molecule has 1 aliphatic heterocycles. The van der Waals surface area contributed by atoms with Gasteiger partial charge in [-0.3, -0.25) is 9.52 Å². The van der Waals surface area contributed by atoms with Gasteiger partial charge in [-0.05, 0) is 54.1 Å². The molecule has 4 rings (SSSR count). The molecule has 0 aromatic heterocycles. The number of amides is 1. The molecule has 1 amide bonds. The largest absolute Gasteiger partial charge is 0.379 e. The zero-order valence-electron chi connectivity index (χ0n) is 19.5. The number of nitrogens with zero attached hydrogens (tertiary/aromatic N) is 1. The van der Waals surface area contributed by atoms with E-state index in [9.17, 15) is 21.6 Å². The van der Waals surface area contributed by atoms with Crippen LogP contribution in [0, 0.1) is 0 Å². The highest BCUT2D eigenvalue weighted by molar-refractivity contribution is 7.95. The van der Waals surface area contributed by atoms with Crippen molar-refractivity contribution in [3.8, 4) is 0 Å². The maximum Gasteiger partial charge on any atom is 0.257 e. The van der Waals surface area contributed by atoms with E-state index in [4.69, 9.17) is 16.3 Å². The summed E-state index contributed by atoms with van der Waals surface area (Å²) in [5.41, 5.74) is 1.05. The molecule has 0 atom stereocenters. The SMILES string of the molecule is O=C(Nc1ccc(S(=O)(=O)N2CCOCC2)cc1)c1cc(Cl)ccc1NS(=O)(=O)/C=C/c1ccccc1. The van der Waals surface area contributed by atoms with Crippen molar-refractivity contribution in [1.82, 2.24) is 4.31 Å². The Bertz CT molecular complexity index is 1500. The van der Waals surface area contributed by atoms with Crippen LogP contribution in [-0.4, -0.2) is 53.4 Å². The molecular formula is C25H24ClN3O6S2. The van der Waals surface area contributed by atoms with Crippen LogP contribution in [0.3, 0.4) is 0 Å². The molecule has 0 unspecified atom stereocenters. The smallest absolute Gasteiger partial charge is 0.257 e. The zero-order valence-corrected chi connectivity index (χ0v) is 21.9. The Hall–Kier alpha value is -3.22. The maximum atomic E-state index is 13.0. The van der Waals surface area contributed by atoms with Crippen LogP contribution in [0.2, 0.25) is 5.02 Å². The van der Waals surface area contributed by atoms with Crippen molar-refractivity contribution in [2.45, 2.75) is 4.90 Å². The molecule has 0 bridgehead atoms. The van der Waals surface area contributed by atoms with Crippen LogP contribution >= 0.6 is 11.6 Å². The van der Waals surface area contributed by atoms with E-state index in [-0.39, 0.29) is 34.3 Å². The van der Waals surface area contributed by atoms with Crippen LogP contribution in [0.4, 0.5) is 11.4 Å². The molecule has 3 aromatic carbocycles. The van der Waals surface area contributed by atoms with E-state index in [0.717, 1.165) is 5.41 Å². The van der Waals surface area contributed by atoms with Gasteiger partial charge in [0.2, 0.25) is 10.0 Å². The first-order valence-electron chi connectivity index (χ1n) is 11.2. The third-order valence-electron chi connectivity index (χ3n) is 5.44. The van der Waals surface area contributed by atoms with E-state index < -0.39 is 26.0 Å². The molecular weight excluding hydrogens is 538 g/mol. The molecule has 37 heavy (non-hydrogen) atoms. The van der Waals surface area contributed by atoms with Crippen LogP contribution in [0.25, 0.3) is 6.08 Å². The topological polar surface area (TPSA) is 122 Å². The average molecular weight is 562 g/mol. The van der Waals surface area contributed by atoms with Crippen LogP contribution in [0.1, 0.15) is 15.9 Å². The van der Waals surface area contributed by atoms with E-state index in [2.05, 4.69) is 10.0 Å². The minimum Gasteiger partial charge on any atom is -0.379 e. The van der Waals surface area contributed by atoms with Crippen LogP contribution in [0.5, 0.6) is 0 Å². The highest BCUT2D eigenvalue weighted by Crippen LogP contribution is 2.25. The summed E-state index contributed by atoms with van der Waals surface area (Å²) in [6, 6.07) is 18.8. The molecule has 0 aliphatic carbocycles. The van der Waals surface area contributed by atoms with E-state index in [1.807, 2.05) is 6.07 Å². The lowest BCUT2D eigenvalue weighted by molar-refractivity contribution is 0.0730. The predicted octanol–water partition coefficient (Wildman–Crippen LogP) is 4.03. The number of hydrogen-bond donors (Lipinski definition) is 2. The van der Waals surface area contributed by atoms with Gasteiger partial charge < -0.3 is 10.1 Å². The lowest BCUT2D eigenvalue weighted by atomic mass is 10.1. The number of nitrogens with one attached hydrogen (secondary N) is 2. The summed E-state index contributed by atoms with van der Waals surface area (Å²) in [6.07, 6.45) is 1.44. The fourth-order valence-corrected chi connectivity index (χ4v) is 6.03. The molecule has 1 saturated heterocycles. The summed E-state index contributed by atoms with van der Waals surface area (Å²) in [5, 5.41) is 3.89. The summed E-state index contributed by atoms with van der Waals surface area (Å²) < 4.78 is 59.8. The van der Waals surface area contributed by atoms with Crippen LogP contribution < -0.4 is 10.0 Å². The third kappa shape index (κ3) is 6.96. The fraction of sp³-hybridized carbons (Fsp3) is 0.160. The first-order chi connectivity index (χ1) is 17.6. The van der Waals surface area contributed by atoms with Crippen molar-refractivity contribution in [1.29, 1.82) is 0 Å². The molecule has 3 aromatic rings. The highest BCUT2D eigenvalue weighted by atomic mass is 35.5. The minimum atomic E-state index is -3.94. The van der Waals surface area contributed by atoms with Crippen molar-refractivity contribution in [2.24, 2.45) is 0 Å². The Labute approximate surface area is 220 Å². The molecule has 9 nitrogen and oxygen atoms in total. The van der Waals surface area contributed by atoms with Gasteiger partial charge in [0.25, 0.3) is 15.9 Å². The molecule has 12 heteroatoms. The number of carbonyl (C=O) groups excluding carboxylic acids is 1. The highest BCUT2D eigenvalue weighted by Gasteiger charge is 2.26. The third-order valence-corrected chi connectivity index (χ3v) is 8.58. The Kier molecular flexibility index (Phi) is 8.30. The Balaban J connectivity index is 1.50. The second kappa shape index (κ2) is 11.4. The molecule has 1 fully saturated rings. The van der Waals surface area contributed by atoms with Crippen LogP contribution in [0.15, 0.2) is 83.1 Å². The van der Waals surface area contributed by atoms with Gasteiger partial charge in [0.05, 0.1) is 34.8 Å². The summed E-state index contributed by atoms with van der Waals surface area (Å²) >= 11 is 6.07. The van der Waals surface area contributed by atoms with Gasteiger partial charge in [-0.2, -0.15) is 4.31 Å². The minimum absolute atomic E-state index is 0.00537. The number of ether oxygens (including phenoxy) is 1. The summed E-state index contributed by atoms with van der Waals surface area (Å²) in [6.45, 7) is 1.21. The summed E-state index contributed by atoms with van der Waals surface area (Å²) in [4.78, 5) is 13.1. The fourth-order valence-electron chi connectivity index (χ4n) is 3.56. The van der Waals surface area contributed by atoms with E-state index in [1.165, 1.54) is 52.8 Å². The summed E-state index contributed by atoms with van der Waals surface area (Å²) in [5.74, 6) is -0.629.